The molecule has 1 aromatic rings. The summed E-state index contributed by atoms with van der Waals surface area (Å²) in [5.41, 5.74) is 2.77. The van der Waals surface area contributed by atoms with Gasteiger partial charge in [0.25, 0.3) is 5.91 Å². The van der Waals surface area contributed by atoms with E-state index in [1.807, 2.05) is 5.43 Å². The average Bonchev–Trinajstić information content (AvgIpc) is 2.44. The molecule has 1 aliphatic rings. The molecule has 0 saturated heterocycles. The molecule has 5 heteroatoms. The summed E-state index contributed by atoms with van der Waals surface area (Å²) < 4.78 is 19.7. The van der Waals surface area contributed by atoms with Crippen molar-refractivity contribution in [3.05, 3.63) is 35.1 Å². The number of nitrogens with two attached hydrogens (primary N) is 1. The number of halogens is 1. The van der Waals surface area contributed by atoms with E-state index in [1.165, 1.54) is 24.6 Å². The number of nitrogens with one attached hydrogen (secondary N) is 1. The van der Waals surface area contributed by atoms with E-state index in [0.29, 0.717) is 23.0 Å². The molecular formula is C16H23FN2O2. The zero-order valence-corrected chi connectivity index (χ0v) is 12.6. The Morgan fingerprint density at radius 2 is 2.00 bits per heavy atom. The number of hydrazine groups is 1. The molecule has 0 aliphatic heterocycles. The third-order valence-corrected chi connectivity index (χ3v) is 4.05. The van der Waals surface area contributed by atoms with Crippen molar-refractivity contribution in [1.82, 2.24) is 5.43 Å². The standard InChI is InChI=1S/C16H23FN2O2/c1-10-5-11(2)7-14(6-10)21-9-13-8-12(16(20)19-18)3-4-15(13)17/h3-4,8,10-11,14H,5-7,9,18H2,1-2H3,(H,19,20). The van der Waals surface area contributed by atoms with Crippen LogP contribution in [0.4, 0.5) is 4.39 Å². The molecule has 1 aromatic carbocycles. The van der Waals surface area contributed by atoms with Crippen LogP contribution in [0.15, 0.2) is 18.2 Å². The van der Waals surface area contributed by atoms with Gasteiger partial charge >= 0.3 is 0 Å². The number of amides is 1. The summed E-state index contributed by atoms with van der Waals surface area (Å²) in [5.74, 6) is 5.57. The first-order valence-electron chi connectivity index (χ1n) is 7.40. The predicted octanol–water partition coefficient (Wildman–Crippen LogP) is 2.77. The van der Waals surface area contributed by atoms with Crippen molar-refractivity contribution in [3.63, 3.8) is 0 Å². The molecule has 0 radical (unpaired) electrons. The second kappa shape index (κ2) is 7.00. The quantitative estimate of drug-likeness (QED) is 0.510. The molecule has 21 heavy (non-hydrogen) atoms. The van der Waals surface area contributed by atoms with Crippen LogP contribution in [-0.2, 0) is 11.3 Å². The second-order valence-corrected chi connectivity index (χ2v) is 6.13. The van der Waals surface area contributed by atoms with Gasteiger partial charge in [-0.15, -0.1) is 0 Å². The Morgan fingerprint density at radius 3 is 2.62 bits per heavy atom. The highest BCUT2D eigenvalue weighted by atomic mass is 19.1. The van der Waals surface area contributed by atoms with Crippen LogP contribution in [0.5, 0.6) is 0 Å². The maximum Gasteiger partial charge on any atom is 0.265 e. The first kappa shape index (κ1) is 15.9. The number of ether oxygens (including phenoxy) is 1. The normalized spacial score (nSPS) is 25.6. The monoisotopic (exact) mass is 294 g/mol. The largest absolute Gasteiger partial charge is 0.373 e. The zero-order valence-electron chi connectivity index (χ0n) is 12.6. The van der Waals surface area contributed by atoms with E-state index in [0.717, 1.165) is 12.8 Å². The van der Waals surface area contributed by atoms with Crippen molar-refractivity contribution in [2.24, 2.45) is 17.7 Å². The lowest BCUT2D eigenvalue weighted by molar-refractivity contribution is -0.0102. The van der Waals surface area contributed by atoms with E-state index in [2.05, 4.69) is 13.8 Å². The van der Waals surface area contributed by atoms with Crippen LogP contribution in [0, 0.1) is 17.7 Å². The smallest absolute Gasteiger partial charge is 0.265 e. The number of hydrogen-bond acceptors (Lipinski definition) is 3. The van der Waals surface area contributed by atoms with Crippen molar-refractivity contribution < 1.29 is 13.9 Å². The van der Waals surface area contributed by atoms with Crippen LogP contribution in [0.3, 0.4) is 0 Å². The number of benzene rings is 1. The fraction of sp³-hybridized carbons (Fsp3) is 0.562. The summed E-state index contributed by atoms with van der Waals surface area (Å²) in [6, 6.07) is 4.17. The highest BCUT2D eigenvalue weighted by Gasteiger charge is 2.24. The minimum Gasteiger partial charge on any atom is -0.373 e. The fourth-order valence-corrected chi connectivity index (χ4v) is 3.13. The molecule has 4 nitrogen and oxygen atoms in total. The van der Waals surface area contributed by atoms with Gasteiger partial charge in [0.1, 0.15) is 5.82 Å². The molecule has 0 aromatic heterocycles. The van der Waals surface area contributed by atoms with E-state index in [4.69, 9.17) is 10.6 Å². The molecule has 3 N–H and O–H groups in total. The van der Waals surface area contributed by atoms with Crippen molar-refractivity contribution in [2.45, 2.75) is 45.8 Å². The molecule has 2 atom stereocenters. The highest BCUT2D eigenvalue weighted by Crippen LogP contribution is 2.31. The van der Waals surface area contributed by atoms with Crippen LogP contribution >= 0.6 is 0 Å². The molecule has 0 spiro atoms. The van der Waals surface area contributed by atoms with E-state index in [9.17, 15) is 9.18 Å². The van der Waals surface area contributed by atoms with Crippen LogP contribution in [0.25, 0.3) is 0 Å². The van der Waals surface area contributed by atoms with Crippen molar-refractivity contribution in [2.75, 3.05) is 0 Å². The van der Waals surface area contributed by atoms with Crippen LogP contribution in [-0.4, -0.2) is 12.0 Å². The summed E-state index contributed by atoms with van der Waals surface area (Å²) in [5, 5.41) is 0. The van der Waals surface area contributed by atoms with Gasteiger partial charge in [0.2, 0.25) is 0 Å². The van der Waals surface area contributed by atoms with Crippen LogP contribution in [0.1, 0.15) is 49.0 Å². The third-order valence-electron chi connectivity index (χ3n) is 4.05. The molecule has 2 unspecified atom stereocenters. The topological polar surface area (TPSA) is 64.3 Å². The van der Waals surface area contributed by atoms with Gasteiger partial charge in [-0.2, -0.15) is 0 Å². The minimum atomic E-state index is -0.434. The van der Waals surface area contributed by atoms with Gasteiger partial charge in [-0.1, -0.05) is 13.8 Å². The second-order valence-electron chi connectivity index (χ2n) is 6.13. The SMILES string of the molecule is CC1CC(C)CC(OCc2cc(C(=O)NN)ccc2F)C1. The maximum atomic E-state index is 13.8. The van der Waals surface area contributed by atoms with E-state index in [-0.39, 0.29) is 18.5 Å². The first-order chi connectivity index (χ1) is 9.99. The summed E-state index contributed by atoms with van der Waals surface area (Å²) >= 11 is 0. The minimum absolute atomic E-state index is 0.162. The van der Waals surface area contributed by atoms with Crippen molar-refractivity contribution in [3.8, 4) is 0 Å². The maximum absolute atomic E-state index is 13.8. The van der Waals surface area contributed by atoms with E-state index >= 15 is 0 Å². The molecule has 1 aliphatic carbocycles. The van der Waals surface area contributed by atoms with Crippen LogP contribution < -0.4 is 11.3 Å². The lowest BCUT2D eigenvalue weighted by Crippen LogP contribution is -2.30. The van der Waals surface area contributed by atoms with E-state index in [1.54, 1.807) is 0 Å². The molecule has 1 fully saturated rings. The molecule has 1 saturated carbocycles. The first-order valence-corrected chi connectivity index (χ1v) is 7.40. The summed E-state index contributed by atoms with van der Waals surface area (Å²) in [6.07, 6.45) is 3.40. The fourth-order valence-electron chi connectivity index (χ4n) is 3.13. The number of hydrogen-bond donors (Lipinski definition) is 2. The summed E-state index contributed by atoms with van der Waals surface area (Å²) in [4.78, 5) is 11.5. The van der Waals surface area contributed by atoms with Gasteiger partial charge in [-0.3, -0.25) is 10.2 Å². The molecule has 0 heterocycles. The Kier molecular flexibility index (Phi) is 5.31. The zero-order chi connectivity index (χ0) is 15.4. The Bertz CT molecular complexity index is 497. The molecule has 2 rings (SSSR count). The van der Waals surface area contributed by atoms with Gasteiger partial charge in [-0.05, 0) is 49.3 Å². The van der Waals surface area contributed by atoms with Crippen molar-refractivity contribution >= 4 is 5.91 Å². The Morgan fingerprint density at radius 1 is 1.33 bits per heavy atom. The number of rotatable bonds is 4. The number of carbonyl (C=O) groups is 1. The Hall–Kier alpha value is -1.46. The van der Waals surface area contributed by atoms with Gasteiger partial charge in [0.15, 0.2) is 0 Å². The summed E-state index contributed by atoms with van der Waals surface area (Å²) in [6.45, 7) is 4.62. The predicted molar refractivity (Wildman–Crippen MR) is 78.8 cm³/mol. The molecular weight excluding hydrogens is 271 g/mol. The average molecular weight is 294 g/mol. The van der Waals surface area contributed by atoms with Gasteiger partial charge < -0.3 is 4.74 Å². The molecule has 1 amide bonds. The molecule has 116 valence electrons. The lowest BCUT2D eigenvalue weighted by atomic mass is 9.82. The van der Waals surface area contributed by atoms with Gasteiger partial charge in [-0.25, -0.2) is 10.2 Å². The molecule has 0 bridgehead atoms. The third kappa shape index (κ3) is 4.25. The van der Waals surface area contributed by atoms with Gasteiger partial charge in [0, 0.05) is 11.1 Å². The number of nitrogen functional groups attached to an aromatic ring is 1. The van der Waals surface area contributed by atoms with Crippen molar-refractivity contribution in [1.29, 1.82) is 0 Å². The number of carbonyl (C=O) groups excluding carboxylic acids is 1. The Balaban J connectivity index is 2.00. The Labute approximate surface area is 124 Å². The summed E-state index contributed by atoms with van der Waals surface area (Å²) in [7, 11) is 0. The van der Waals surface area contributed by atoms with Crippen LogP contribution in [0.2, 0.25) is 0 Å². The highest BCUT2D eigenvalue weighted by molar-refractivity contribution is 5.93. The van der Waals surface area contributed by atoms with Gasteiger partial charge in [0.05, 0.1) is 12.7 Å². The van der Waals surface area contributed by atoms with E-state index < -0.39 is 5.91 Å². The lowest BCUT2D eigenvalue weighted by Gasteiger charge is -2.31.